The zero-order chi connectivity index (χ0) is 9.38. The van der Waals surface area contributed by atoms with Gasteiger partial charge in [-0.15, -0.1) is 0 Å². The molecule has 4 aliphatic rings. The van der Waals surface area contributed by atoms with Crippen LogP contribution >= 0.6 is 0 Å². The van der Waals surface area contributed by atoms with Crippen LogP contribution in [-0.4, -0.2) is 37.1 Å². The molecule has 3 saturated heterocycles. The molecule has 1 aliphatic carbocycles. The Morgan fingerprint density at radius 1 is 1.07 bits per heavy atom. The van der Waals surface area contributed by atoms with Gasteiger partial charge in [-0.3, -0.25) is 0 Å². The second-order valence-corrected chi connectivity index (χ2v) is 5.57. The molecule has 2 heteroatoms. The van der Waals surface area contributed by atoms with Crippen molar-refractivity contribution in [3.05, 3.63) is 0 Å². The minimum absolute atomic E-state index is 0.807. The molecule has 3 aliphatic heterocycles. The summed E-state index contributed by atoms with van der Waals surface area (Å²) in [5, 5.41) is 3.65. The molecule has 14 heavy (non-hydrogen) atoms. The minimum atomic E-state index is 0.807. The standard InChI is InChI=1S/C12H22N2/c1-2-4-13-12(3-1)9-14-7-10-5-11(6-10)8-14/h10-13H,1-9H2. The summed E-state index contributed by atoms with van der Waals surface area (Å²) in [6.07, 6.45) is 7.31. The third-order valence-corrected chi connectivity index (χ3v) is 4.26. The van der Waals surface area contributed by atoms with E-state index in [4.69, 9.17) is 0 Å². The number of hydrogen-bond acceptors (Lipinski definition) is 2. The predicted molar refractivity (Wildman–Crippen MR) is 58.3 cm³/mol. The molecule has 0 radical (unpaired) electrons. The number of nitrogens with one attached hydrogen (secondary N) is 1. The van der Waals surface area contributed by atoms with E-state index in [1.54, 1.807) is 0 Å². The fourth-order valence-electron chi connectivity index (χ4n) is 3.52. The second-order valence-electron chi connectivity index (χ2n) is 5.57. The summed E-state index contributed by atoms with van der Waals surface area (Å²) in [6.45, 7) is 5.38. The van der Waals surface area contributed by atoms with Crippen LogP contribution in [0.5, 0.6) is 0 Å². The highest BCUT2D eigenvalue weighted by molar-refractivity contribution is 4.91. The lowest BCUT2D eigenvalue weighted by atomic mass is 9.71. The zero-order valence-electron chi connectivity index (χ0n) is 9.04. The summed E-state index contributed by atoms with van der Waals surface area (Å²) in [6, 6.07) is 0.807. The van der Waals surface area contributed by atoms with Crippen molar-refractivity contribution >= 4 is 0 Å². The van der Waals surface area contributed by atoms with E-state index in [9.17, 15) is 0 Å². The largest absolute Gasteiger partial charge is 0.313 e. The van der Waals surface area contributed by atoms with Gasteiger partial charge >= 0.3 is 0 Å². The molecule has 1 saturated carbocycles. The van der Waals surface area contributed by atoms with Crippen molar-refractivity contribution in [2.45, 2.75) is 38.1 Å². The van der Waals surface area contributed by atoms with Gasteiger partial charge in [-0.2, -0.15) is 0 Å². The molecule has 80 valence electrons. The molecule has 4 fully saturated rings. The Labute approximate surface area is 87.0 Å². The molecule has 4 rings (SSSR count). The Kier molecular flexibility index (Phi) is 2.50. The monoisotopic (exact) mass is 194 g/mol. The maximum Gasteiger partial charge on any atom is 0.0195 e. The Morgan fingerprint density at radius 3 is 2.50 bits per heavy atom. The Morgan fingerprint density at radius 2 is 1.86 bits per heavy atom. The average Bonchev–Trinajstić information content (AvgIpc) is 2.18. The van der Waals surface area contributed by atoms with Crippen LogP contribution < -0.4 is 5.32 Å². The summed E-state index contributed by atoms with van der Waals surface area (Å²) < 4.78 is 0. The van der Waals surface area contributed by atoms with E-state index in [2.05, 4.69) is 10.2 Å². The van der Waals surface area contributed by atoms with Crippen molar-refractivity contribution in [2.75, 3.05) is 26.2 Å². The van der Waals surface area contributed by atoms with Gasteiger partial charge < -0.3 is 10.2 Å². The lowest BCUT2D eigenvalue weighted by Gasteiger charge is -2.48. The fourth-order valence-corrected chi connectivity index (χ4v) is 3.52. The van der Waals surface area contributed by atoms with Crippen molar-refractivity contribution in [3.8, 4) is 0 Å². The van der Waals surface area contributed by atoms with Crippen molar-refractivity contribution in [2.24, 2.45) is 11.8 Å². The summed E-state index contributed by atoms with van der Waals surface area (Å²) in [5.41, 5.74) is 0. The molecule has 3 heterocycles. The lowest BCUT2D eigenvalue weighted by Crippen LogP contribution is -2.53. The second kappa shape index (κ2) is 3.82. The molecule has 2 bridgehead atoms. The molecule has 0 amide bonds. The molecule has 0 aromatic rings. The van der Waals surface area contributed by atoms with Crippen LogP contribution in [-0.2, 0) is 0 Å². The summed E-state index contributed by atoms with van der Waals surface area (Å²) in [4.78, 5) is 2.71. The van der Waals surface area contributed by atoms with E-state index < -0.39 is 0 Å². The molecular formula is C12H22N2. The molecule has 0 aromatic carbocycles. The fraction of sp³-hybridized carbons (Fsp3) is 1.00. The summed E-state index contributed by atoms with van der Waals surface area (Å²) in [7, 11) is 0. The highest BCUT2D eigenvalue weighted by atomic mass is 15.2. The number of rotatable bonds is 2. The van der Waals surface area contributed by atoms with Crippen LogP contribution in [0.4, 0.5) is 0 Å². The maximum atomic E-state index is 3.65. The number of nitrogens with zero attached hydrogens (tertiary/aromatic N) is 1. The topological polar surface area (TPSA) is 15.3 Å². The number of fused-ring (bicyclic) bond motifs is 2. The van der Waals surface area contributed by atoms with E-state index in [1.165, 1.54) is 58.3 Å². The van der Waals surface area contributed by atoms with Crippen molar-refractivity contribution in [1.29, 1.82) is 0 Å². The quantitative estimate of drug-likeness (QED) is 0.716. The Balaban J connectivity index is 1.47. The molecule has 1 atom stereocenters. The summed E-state index contributed by atoms with van der Waals surface area (Å²) in [5.74, 6) is 2.13. The highest BCUT2D eigenvalue weighted by Gasteiger charge is 2.37. The lowest BCUT2D eigenvalue weighted by molar-refractivity contribution is 0.0206. The summed E-state index contributed by atoms with van der Waals surface area (Å²) >= 11 is 0. The van der Waals surface area contributed by atoms with Gasteiger partial charge in [0.2, 0.25) is 0 Å². The van der Waals surface area contributed by atoms with Crippen molar-refractivity contribution < 1.29 is 0 Å². The van der Waals surface area contributed by atoms with Gasteiger partial charge in [0.05, 0.1) is 0 Å². The first-order chi connectivity index (χ1) is 6.90. The SMILES string of the molecule is C1CCC(CN2CC3CC(C3)C2)NC1. The van der Waals surface area contributed by atoms with Crippen LogP contribution in [0.1, 0.15) is 32.1 Å². The maximum absolute atomic E-state index is 3.65. The first-order valence-corrected chi connectivity index (χ1v) is 6.36. The normalized spacial score (nSPS) is 43.3. The van der Waals surface area contributed by atoms with Crippen LogP contribution in [0.3, 0.4) is 0 Å². The molecule has 1 N–H and O–H groups in total. The van der Waals surface area contributed by atoms with E-state index in [-0.39, 0.29) is 0 Å². The smallest absolute Gasteiger partial charge is 0.0195 e. The van der Waals surface area contributed by atoms with Gasteiger partial charge in [0.25, 0.3) is 0 Å². The molecule has 2 nitrogen and oxygen atoms in total. The van der Waals surface area contributed by atoms with Gasteiger partial charge in [0, 0.05) is 25.7 Å². The van der Waals surface area contributed by atoms with Crippen molar-refractivity contribution in [3.63, 3.8) is 0 Å². The van der Waals surface area contributed by atoms with Crippen LogP contribution in [0.15, 0.2) is 0 Å². The first kappa shape index (κ1) is 9.17. The van der Waals surface area contributed by atoms with Crippen LogP contribution in [0, 0.1) is 11.8 Å². The zero-order valence-corrected chi connectivity index (χ0v) is 9.04. The number of piperidine rings is 3. The molecular weight excluding hydrogens is 172 g/mol. The Hall–Kier alpha value is -0.0800. The molecule has 0 spiro atoms. The Bertz CT molecular complexity index is 182. The number of hydrogen-bond donors (Lipinski definition) is 1. The van der Waals surface area contributed by atoms with Gasteiger partial charge in [-0.25, -0.2) is 0 Å². The van der Waals surface area contributed by atoms with Gasteiger partial charge in [0.1, 0.15) is 0 Å². The van der Waals surface area contributed by atoms with Crippen molar-refractivity contribution in [1.82, 2.24) is 10.2 Å². The minimum Gasteiger partial charge on any atom is -0.313 e. The molecule has 1 unspecified atom stereocenters. The van der Waals surface area contributed by atoms with E-state index in [0.717, 1.165) is 17.9 Å². The van der Waals surface area contributed by atoms with E-state index >= 15 is 0 Å². The van der Waals surface area contributed by atoms with E-state index in [0.29, 0.717) is 0 Å². The van der Waals surface area contributed by atoms with Crippen LogP contribution in [0.2, 0.25) is 0 Å². The first-order valence-electron chi connectivity index (χ1n) is 6.36. The third kappa shape index (κ3) is 1.82. The van der Waals surface area contributed by atoms with Gasteiger partial charge in [0.15, 0.2) is 0 Å². The third-order valence-electron chi connectivity index (χ3n) is 4.26. The molecule has 0 aromatic heterocycles. The highest BCUT2D eigenvalue weighted by Crippen LogP contribution is 2.39. The van der Waals surface area contributed by atoms with E-state index in [1.807, 2.05) is 0 Å². The van der Waals surface area contributed by atoms with Gasteiger partial charge in [-0.05, 0) is 44.1 Å². The van der Waals surface area contributed by atoms with Crippen LogP contribution in [0.25, 0.3) is 0 Å². The predicted octanol–water partition coefficient (Wildman–Crippen LogP) is 1.47. The van der Waals surface area contributed by atoms with Gasteiger partial charge in [-0.1, -0.05) is 6.42 Å². The average molecular weight is 194 g/mol.